The number of nitrogens with zero attached hydrogens (tertiary/aromatic N) is 1. The average molecular weight is 244 g/mol. The molecule has 1 heterocycles. The van der Waals surface area contributed by atoms with Crippen LogP contribution in [-0.4, -0.2) is 22.8 Å². The second-order valence-corrected chi connectivity index (χ2v) is 4.01. The summed E-state index contributed by atoms with van der Waals surface area (Å²) in [7, 11) is 0. The molecule has 0 spiro atoms. The summed E-state index contributed by atoms with van der Waals surface area (Å²) >= 11 is 3.43. The van der Waals surface area contributed by atoms with Crippen molar-refractivity contribution in [3.63, 3.8) is 0 Å². The van der Waals surface area contributed by atoms with Crippen molar-refractivity contribution < 1.29 is 4.39 Å². The highest BCUT2D eigenvalue weighted by Crippen LogP contribution is 2.22. The molecule has 1 nitrogen and oxygen atoms in total. The fourth-order valence-electron chi connectivity index (χ4n) is 1.43. The van der Waals surface area contributed by atoms with Crippen LogP contribution < -0.4 is 0 Å². The molecule has 0 aliphatic carbocycles. The molecule has 2 atom stereocenters. The Morgan fingerprint density at radius 2 is 2.38 bits per heavy atom. The summed E-state index contributed by atoms with van der Waals surface area (Å²) in [5.41, 5.74) is 1.06. The van der Waals surface area contributed by atoms with Gasteiger partial charge in [0.1, 0.15) is 5.82 Å². The van der Waals surface area contributed by atoms with Gasteiger partial charge in [-0.15, -0.1) is 0 Å². The topological polar surface area (TPSA) is 3.01 Å². The quantitative estimate of drug-likeness (QED) is 0.582. The maximum Gasteiger partial charge on any atom is 0.123 e. The van der Waals surface area contributed by atoms with Crippen LogP contribution in [0.2, 0.25) is 0 Å². The minimum absolute atomic E-state index is 0.144. The van der Waals surface area contributed by atoms with Crippen molar-refractivity contribution in [3.8, 4) is 0 Å². The van der Waals surface area contributed by atoms with E-state index in [2.05, 4.69) is 20.8 Å². The van der Waals surface area contributed by atoms with Gasteiger partial charge in [-0.2, -0.15) is 0 Å². The molecule has 1 aromatic carbocycles. The predicted molar refractivity (Wildman–Crippen MR) is 54.4 cm³/mol. The molecule has 0 aromatic heterocycles. The van der Waals surface area contributed by atoms with E-state index >= 15 is 0 Å². The summed E-state index contributed by atoms with van der Waals surface area (Å²) in [6.45, 7) is 2.00. The van der Waals surface area contributed by atoms with Gasteiger partial charge in [0.2, 0.25) is 0 Å². The van der Waals surface area contributed by atoms with Gasteiger partial charge in [-0.05, 0) is 17.7 Å². The molecule has 1 unspecified atom stereocenters. The van der Waals surface area contributed by atoms with Gasteiger partial charge in [-0.3, -0.25) is 4.90 Å². The van der Waals surface area contributed by atoms with Crippen molar-refractivity contribution in [3.05, 3.63) is 35.6 Å². The summed E-state index contributed by atoms with van der Waals surface area (Å²) < 4.78 is 12.8. The Hall–Kier alpha value is -0.410. The molecule has 13 heavy (non-hydrogen) atoms. The molecular weight excluding hydrogens is 233 g/mol. The number of rotatable bonds is 3. The normalized spacial score (nSPS) is 26.0. The lowest BCUT2D eigenvalue weighted by atomic mass is 10.2. The summed E-state index contributed by atoms with van der Waals surface area (Å²) in [6.07, 6.45) is 0. The zero-order valence-corrected chi connectivity index (χ0v) is 8.80. The van der Waals surface area contributed by atoms with E-state index in [1.54, 1.807) is 12.1 Å². The molecule has 1 aliphatic rings. The lowest BCUT2D eigenvalue weighted by Gasteiger charge is -2.02. The summed E-state index contributed by atoms with van der Waals surface area (Å²) in [4.78, 5) is 2.31. The molecule has 0 bridgehead atoms. The first-order chi connectivity index (χ1) is 6.29. The van der Waals surface area contributed by atoms with Gasteiger partial charge in [0.15, 0.2) is 0 Å². The van der Waals surface area contributed by atoms with E-state index in [1.165, 1.54) is 6.07 Å². The number of hydrogen-bond donors (Lipinski definition) is 0. The van der Waals surface area contributed by atoms with E-state index in [0.29, 0.717) is 6.04 Å². The SMILES string of the molecule is Fc1cccc(CN2C[C@@H]2CBr)c1. The molecule has 0 saturated carbocycles. The zero-order chi connectivity index (χ0) is 9.26. The van der Waals surface area contributed by atoms with Gasteiger partial charge in [0, 0.05) is 24.5 Å². The first kappa shape index (κ1) is 9.16. The molecule has 0 radical (unpaired) electrons. The summed E-state index contributed by atoms with van der Waals surface area (Å²) in [6, 6.07) is 7.46. The fourth-order valence-corrected chi connectivity index (χ4v) is 2.05. The highest BCUT2D eigenvalue weighted by molar-refractivity contribution is 9.09. The maximum absolute atomic E-state index is 12.8. The molecular formula is C10H11BrFN. The second kappa shape index (κ2) is 3.76. The van der Waals surface area contributed by atoms with Gasteiger partial charge in [-0.1, -0.05) is 28.1 Å². The van der Waals surface area contributed by atoms with Crippen molar-refractivity contribution in [2.75, 3.05) is 11.9 Å². The van der Waals surface area contributed by atoms with Crippen molar-refractivity contribution in [2.45, 2.75) is 12.6 Å². The van der Waals surface area contributed by atoms with Crippen LogP contribution in [0.15, 0.2) is 24.3 Å². The van der Waals surface area contributed by atoms with Crippen LogP contribution in [0.1, 0.15) is 5.56 Å². The summed E-state index contributed by atoms with van der Waals surface area (Å²) in [5, 5.41) is 1.02. The average Bonchev–Trinajstić information content (AvgIpc) is 2.83. The largest absolute Gasteiger partial charge is 0.292 e. The van der Waals surface area contributed by atoms with E-state index in [1.807, 2.05) is 6.07 Å². The maximum atomic E-state index is 12.8. The molecule has 70 valence electrons. The lowest BCUT2D eigenvalue weighted by molar-refractivity contribution is 0.514. The summed E-state index contributed by atoms with van der Waals surface area (Å²) in [5.74, 6) is -0.144. The Kier molecular flexibility index (Phi) is 2.65. The van der Waals surface area contributed by atoms with Crippen LogP contribution in [0, 0.1) is 5.82 Å². The predicted octanol–water partition coefficient (Wildman–Crippen LogP) is 2.40. The van der Waals surface area contributed by atoms with Crippen LogP contribution in [-0.2, 0) is 6.54 Å². The van der Waals surface area contributed by atoms with Crippen molar-refractivity contribution in [1.29, 1.82) is 0 Å². The van der Waals surface area contributed by atoms with E-state index in [0.717, 1.165) is 24.0 Å². The van der Waals surface area contributed by atoms with Crippen LogP contribution in [0.25, 0.3) is 0 Å². The first-order valence-corrected chi connectivity index (χ1v) is 5.46. The van der Waals surface area contributed by atoms with Crippen LogP contribution >= 0.6 is 15.9 Å². The number of benzene rings is 1. The lowest BCUT2D eigenvalue weighted by Crippen LogP contribution is -2.02. The third-order valence-corrected chi connectivity index (χ3v) is 3.03. The van der Waals surface area contributed by atoms with Crippen LogP contribution in [0.3, 0.4) is 0 Å². The standard InChI is InChI=1S/C10H11BrFN/c11-5-10-7-13(10)6-8-2-1-3-9(12)4-8/h1-4,10H,5-7H2/t10-,13?/m0/s1. The van der Waals surface area contributed by atoms with Crippen molar-refractivity contribution in [1.82, 2.24) is 4.90 Å². The van der Waals surface area contributed by atoms with Gasteiger partial charge in [0.25, 0.3) is 0 Å². The highest BCUT2D eigenvalue weighted by Gasteiger charge is 2.32. The van der Waals surface area contributed by atoms with Gasteiger partial charge in [0.05, 0.1) is 0 Å². The molecule has 1 fully saturated rings. The van der Waals surface area contributed by atoms with Gasteiger partial charge < -0.3 is 0 Å². The Bertz CT molecular complexity index is 303. The van der Waals surface area contributed by atoms with Crippen LogP contribution in [0.4, 0.5) is 4.39 Å². The van der Waals surface area contributed by atoms with Crippen molar-refractivity contribution >= 4 is 15.9 Å². The fraction of sp³-hybridized carbons (Fsp3) is 0.400. The second-order valence-electron chi connectivity index (χ2n) is 3.37. The minimum atomic E-state index is -0.144. The molecule has 0 amide bonds. The Labute approximate surface area is 85.7 Å². The first-order valence-electron chi connectivity index (χ1n) is 4.34. The highest BCUT2D eigenvalue weighted by atomic mass is 79.9. The monoisotopic (exact) mass is 243 g/mol. The Balaban J connectivity index is 1.95. The zero-order valence-electron chi connectivity index (χ0n) is 7.21. The molecule has 0 N–H and O–H groups in total. The van der Waals surface area contributed by atoms with E-state index in [-0.39, 0.29) is 5.82 Å². The third kappa shape index (κ3) is 2.29. The number of hydrogen-bond acceptors (Lipinski definition) is 1. The smallest absolute Gasteiger partial charge is 0.123 e. The number of alkyl halides is 1. The van der Waals surface area contributed by atoms with E-state index in [9.17, 15) is 4.39 Å². The molecule has 1 saturated heterocycles. The Morgan fingerprint density at radius 3 is 3.00 bits per heavy atom. The van der Waals surface area contributed by atoms with Crippen molar-refractivity contribution in [2.24, 2.45) is 0 Å². The third-order valence-electron chi connectivity index (χ3n) is 2.28. The van der Waals surface area contributed by atoms with Crippen LogP contribution in [0.5, 0.6) is 0 Å². The molecule has 3 heteroatoms. The minimum Gasteiger partial charge on any atom is -0.292 e. The molecule has 2 rings (SSSR count). The van der Waals surface area contributed by atoms with Gasteiger partial charge >= 0.3 is 0 Å². The number of halogens is 2. The Morgan fingerprint density at radius 1 is 1.54 bits per heavy atom. The molecule has 1 aliphatic heterocycles. The van der Waals surface area contributed by atoms with E-state index < -0.39 is 0 Å². The van der Waals surface area contributed by atoms with Gasteiger partial charge in [-0.25, -0.2) is 4.39 Å². The van der Waals surface area contributed by atoms with E-state index in [4.69, 9.17) is 0 Å². The molecule has 1 aromatic rings.